The molecule has 2 aromatic carbocycles. The molecule has 0 heterocycles. The van der Waals surface area contributed by atoms with Gasteiger partial charge < -0.3 is 10.5 Å². The predicted molar refractivity (Wildman–Crippen MR) is 69.2 cm³/mol. The Hall–Kier alpha value is -1.62. The van der Waals surface area contributed by atoms with Gasteiger partial charge in [-0.05, 0) is 45.8 Å². The summed E-state index contributed by atoms with van der Waals surface area (Å²) in [6.45, 7) is 0.167. The number of nitrogen functional groups attached to an aromatic ring is 1. The van der Waals surface area contributed by atoms with Crippen molar-refractivity contribution in [1.29, 1.82) is 0 Å². The highest BCUT2D eigenvalue weighted by Crippen LogP contribution is 2.22. The number of nitrogens with two attached hydrogens (primary N) is 1. The fraction of sp³-hybridized carbons (Fsp3) is 0.0769. The van der Waals surface area contributed by atoms with Gasteiger partial charge in [0.1, 0.15) is 12.4 Å². The average Bonchev–Trinajstić information content (AvgIpc) is 2.32. The van der Waals surface area contributed by atoms with Crippen LogP contribution in [0.15, 0.2) is 40.9 Å². The van der Waals surface area contributed by atoms with Crippen molar-refractivity contribution in [3.8, 4) is 5.75 Å². The molecule has 2 aromatic rings. The van der Waals surface area contributed by atoms with Crippen molar-refractivity contribution in [1.82, 2.24) is 0 Å². The van der Waals surface area contributed by atoms with E-state index in [0.29, 0.717) is 5.69 Å². The van der Waals surface area contributed by atoms with Gasteiger partial charge in [0.2, 0.25) is 0 Å². The van der Waals surface area contributed by atoms with E-state index in [2.05, 4.69) is 15.9 Å². The molecule has 0 spiro atoms. The Bertz CT molecular complexity index is 575. The van der Waals surface area contributed by atoms with Crippen LogP contribution in [0.1, 0.15) is 5.56 Å². The van der Waals surface area contributed by atoms with Crippen molar-refractivity contribution < 1.29 is 13.5 Å². The van der Waals surface area contributed by atoms with Gasteiger partial charge in [0.05, 0.1) is 0 Å². The number of hydrogen-bond acceptors (Lipinski definition) is 2. The van der Waals surface area contributed by atoms with Crippen LogP contribution in [-0.2, 0) is 6.61 Å². The van der Waals surface area contributed by atoms with Crippen LogP contribution in [0, 0.1) is 11.6 Å². The van der Waals surface area contributed by atoms with Crippen LogP contribution in [-0.4, -0.2) is 0 Å². The van der Waals surface area contributed by atoms with Gasteiger partial charge in [0, 0.05) is 16.2 Å². The molecule has 2 rings (SSSR count). The molecule has 0 fully saturated rings. The summed E-state index contributed by atoms with van der Waals surface area (Å²) in [6, 6.07) is 8.51. The predicted octanol–water partition coefficient (Wildman–Crippen LogP) is 3.89. The lowest BCUT2D eigenvalue weighted by Gasteiger charge is -2.08. The van der Waals surface area contributed by atoms with E-state index in [9.17, 15) is 8.78 Å². The van der Waals surface area contributed by atoms with E-state index in [1.54, 1.807) is 12.1 Å². The lowest BCUT2D eigenvalue weighted by Crippen LogP contribution is -1.99. The molecule has 0 saturated heterocycles. The largest absolute Gasteiger partial charge is 0.486 e. The highest BCUT2D eigenvalue weighted by Gasteiger charge is 2.05. The van der Waals surface area contributed by atoms with E-state index in [4.69, 9.17) is 10.5 Å². The van der Waals surface area contributed by atoms with Gasteiger partial charge in [-0.3, -0.25) is 0 Å². The van der Waals surface area contributed by atoms with E-state index in [-0.39, 0.29) is 12.4 Å². The third-order valence-corrected chi connectivity index (χ3v) is 3.07. The summed E-state index contributed by atoms with van der Waals surface area (Å²) >= 11 is 3.28. The second-order valence-electron chi connectivity index (χ2n) is 3.72. The summed E-state index contributed by atoms with van der Waals surface area (Å²) in [5, 5.41) is 0. The lowest BCUT2D eigenvalue weighted by atomic mass is 10.2. The van der Waals surface area contributed by atoms with Gasteiger partial charge in [0.25, 0.3) is 0 Å². The van der Waals surface area contributed by atoms with Crippen LogP contribution >= 0.6 is 15.9 Å². The van der Waals surface area contributed by atoms with Crippen molar-refractivity contribution in [3.05, 3.63) is 58.1 Å². The molecule has 0 unspecified atom stereocenters. The molecule has 2 nitrogen and oxygen atoms in total. The summed E-state index contributed by atoms with van der Waals surface area (Å²) < 4.78 is 32.0. The number of benzene rings is 2. The Balaban J connectivity index is 2.09. The Kier molecular flexibility index (Phi) is 3.81. The Morgan fingerprint density at radius 1 is 1.11 bits per heavy atom. The zero-order valence-corrected chi connectivity index (χ0v) is 10.9. The Labute approximate surface area is 112 Å². The summed E-state index contributed by atoms with van der Waals surface area (Å²) in [5.41, 5.74) is 7.10. The van der Waals surface area contributed by atoms with Crippen LogP contribution < -0.4 is 10.5 Å². The molecule has 0 amide bonds. The van der Waals surface area contributed by atoms with Gasteiger partial charge in [-0.2, -0.15) is 0 Å². The van der Waals surface area contributed by atoms with Gasteiger partial charge in [0.15, 0.2) is 11.6 Å². The number of hydrogen-bond donors (Lipinski definition) is 1. The van der Waals surface area contributed by atoms with E-state index >= 15 is 0 Å². The van der Waals surface area contributed by atoms with Crippen molar-refractivity contribution in [2.75, 3.05) is 5.73 Å². The van der Waals surface area contributed by atoms with Crippen molar-refractivity contribution in [3.63, 3.8) is 0 Å². The van der Waals surface area contributed by atoms with Crippen LogP contribution in [0.4, 0.5) is 14.5 Å². The van der Waals surface area contributed by atoms with E-state index in [0.717, 1.165) is 22.2 Å². The smallest absolute Gasteiger partial charge is 0.167 e. The number of rotatable bonds is 3. The Morgan fingerprint density at radius 2 is 1.89 bits per heavy atom. The minimum Gasteiger partial charge on any atom is -0.486 e. The highest BCUT2D eigenvalue weighted by molar-refractivity contribution is 9.10. The molecule has 0 aliphatic rings. The zero-order valence-electron chi connectivity index (χ0n) is 9.29. The van der Waals surface area contributed by atoms with E-state index < -0.39 is 11.6 Å². The molecule has 0 aliphatic carbocycles. The zero-order chi connectivity index (χ0) is 13.1. The van der Waals surface area contributed by atoms with Gasteiger partial charge in [-0.15, -0.1) is 0 Å². The maximum absolute atomic E-state index is 13.3. The third-order valence-electron chi connectivity index (χ3n) is 2.35. The second-order valence-corrected chi connectivity index (χ2v) is 4.57. The lowest BCUT2D eigenvalue weighted by molar-refractivity contribution is 0.289. The second kappa shape index (κ2) is 5.35. The highest BCUT2D eigenvalue weighted by atomic mass is 79.9. The molecular formula is C13H10BrF2NO. The molecule has 0 radical (unpaired) electrons. The van der Waals surface area contributed by atoms with Crippen molar-refractivity contribution in [2.45, 2.75) is 6.61 Å². The minimum absolute atomic E-state index is 0.0119. The SMILES string of the molecule is Nc1cc(COc2ccc(F)cc2F)ccc1Br. The van der Waals surface area contributed by atoms with Crippen molar-refractivity contribution >= 4 is 21.6 Å². The fourth-order valence-corrected chi connectivity index (χ4v) is 1.68. The molecule has 5 heteroatoms. The molecule has 18 heavy (non-hydrogen) atoms. The maximum atomic E-state index is 13.3. The average molecular weight is 314 g/mol. The summed E-state index contributed by atoms with van der Waals surface area (Å²) in [7, 11) is 0. The van der Waals surface area contributed by atoms with Crippen LogP contribution in [0.3, 0.4) is 0 Å². The van der Waals surface area contributed by atoms with Crippen molar-refractivity contribution in [2.24, 2.45) is 0 Å². The quantitative estimate of drug-likeness (QED) is 0.873. The van der Waals surface area contributed by atoms with E-state index in [1.165, 1.54) is 6.07 Å². The summed E-state index contributed by atoms with van der Waals surface area (Å²) in [5.74, 6) is -1.34. The molecule has 0 saturated carbocycles. The fourth-order valence-electron chi connectivity index (χ4n) is 1.44. The van der Waals surface area contributed by atoms with Gasteiger partial charge >= 0.3 is 0 Å². The summed E-state index contributed by atoms with van der Waals surface area (Å²) in [4.78, 5) is 0. The van der Waals surface area contributed by atoms with Gasteiger partial charge in [-0.1, -0.05) is 6.07 Å². The number of anilines is 1. The topological polar surface area (TPSA) is 35.2 Å². The first kappa shape index (κ1) is 12.8. The third kappa shape index (κ3) is 2.98. The van der Waals surface area contributed by atoms with E-state index in [1.807, 2.05) is 6.07 Å². The molecule has 0 aromatic heterocycles. The first-order valence-electron chi connectivity index (χ1n) is 5.18. The monoisotopic (exact) mass is 313 g/mol. The normalized spacial score (nSPS) is 10.4. The molecule has 2 N–H and O–H groups in total. The molecular weight excluding hydrogens is 304 g/mol. The Morgan fingerprint density at radius 3 is 2.56 bits per heavy atom. The first-order chi connectivity index (χ1) is 8.56. The van der Waals surface area contributed by atoms with Crippen LogP contribution in [0.25, 0.3) is 0 Å². The molecule has 0 bridgehead atoms. The standard InChI is InChI=1S/C13H10BrF2NO/c14-10-3-1-8(5-12(10)17)7-18-13-4-2-9(15)6-11(13)16/h1-6H,7,17H2. The number of ether oxygens (including phenoxy) is 1. The first-order valence-corrected chi connectivity index (χ1v) is 5.97. The van der Waals surface area contributed by atoms with Crippen LogP contribution in [0.2, 0.25) is 0 Å². The molecule has 0 atom stereocenters. The minimum atomic E-state index is -0.722. The number of halogens is 3. The molecule has 0 aliphatic heterocycles. The summed E-state index contributed by atoms with van der Waals surface area (Å²) in [6.07, 6.45) is 0. The van der Waals surface area contributed by atoms with Gasteiger partial charge in [-0.25, -0.2) is 8.78 Å². The maximum Gasteiger partial charge on any atom is 0.167 e. The molecule has 94 valence electrons. The van der Waals surface area contributed by atoms with Crippen LogP contribution in [0.5, 0.6) is 5.75 Å².